The molecule has 3 nitrogen and oxygen atoms in total. The summed E-state index contributed by atoms with van der Waals surface area (Å²) >= 11 is 0. The van der Waals surface area contributed by atoms with Gasteiger partial charge in [-0.1, -0.05) is 37.6 Å². The van der Waals surface area contributed by atoms with Gasteiger partial charge in [0.2, 0.25) is 0 Å². The van der Waals surface area contributed by atoms with Gasteiger partial charge in [-0.2, -0.15) is 0 Å². The summed E-state index contributed by atoms with van der Waals surface area (Å²) in [5, 5.41) is 13.0. The molecule has 0 aromatic heterocycles. The summed E-state index contributed by atoms with van der Waals surface area (Å²) in [5.74, 6) is -0.745. The Labute approximate surface area is 108 Å². The van der Waals surface area contributed by atoms with Crippen molar-refractivity contribution in [2.24, 2.45) is 0 Å². The van der Waals surface area contributed by atoms with Gasteiger partial charge in [-0.05, 0) is 43.4 Å². The quantitative estimate of drug-likeness (QED) is 0.786. The molecule has 3 heteroatoms. The van der Waals surface area contributed by atoms with Gasteiger partial charge in [0.15, 0.2) is 0 Å². The molecular formula is C15H21NO2. The van der Waals surface area contributed by atoms with Crippen LogP contribution in [-0.4, -0.2) is 17.6 Å². The highest BCUT2D eigenvalue weighted by Crippen LogP contribution is 2.35. The van der Waals surface area contributed by atoms with E-state index < -0.39 is 11.5 Å². The van der Waals surface area contributed by atoms with Gasteiger partial charge in [0.25, 0.3) is 0 Å². The number of aryl methyl sites for hydroxylation is 1. The van der Waals surface area contributed by atoms with Gasteiger partial charge in [0.05, 0.1) is 0 Å². The molecule has 0 radical (unpaired) electrons. The number of hydrogen-bond donors (Lipinski definition) is 2. The second kappa shape index (κ2) is 5.53. The van der Waals surface area contributed by atoms with Crippen LogP contribution in [0.5, 0.6) is 0 Å². The van der Waals surface area contributed by atoms with Crippen molar-refractivity contribution in [3.8, 4) is 0 Å². The summed E-state index contributed by atoms with van der Waals surface area (Å²) in [6.45, 7) is 2.88. The number of benzene rings is 1. The summed E-state index contributed by atoms with van der Waals surface area (Å²) < 4.78 is 0. The summed E-state index contributed by atoms with van der Waals surface area (Å²) in [5.41, 5.74) is 1.26. The highest BCUT2D eigenvalue weighted by molar-refractivity contribution is 5.81. The van der Waals surface area contributed by atoms with E-state index >= 15 is 0 Å². The maximum Gasteiger partial charge on any atom is 0.328 e. The predicted molar refractivity (Wildman–Crippen MR) is 71.6 cm³/mol. The minimum absolute atomic E-state index is 0.684. The number of carboxylic acids is 1. The summed E-state index contributed by atoms with van der Waals surface area (Å²) in [6.07, 6.45) is 4.69. The summed E-state index contributed by atoms with van der Waals surface area (Å²) in [4.78, 5) is 11.8. The van der Waals surface area contributed by atoms with Crippen molar-refractivity contribution in [1.29, 1.82) is 0 Å². The molecule has 1 atom stereocenters. The standard InChI is InChI=1S/C15H21NO2/c1-2-3-11-16-15(14(17)18)10-6-8-12-7-4-5-9-13(12)15/h4-5,7,9,16H,2-3,6,8,10-11H2,1H3,(H,17,18). The number of nitrogens with one attached hydrogen (secondary N) is 1. The van der Waals surface area contributed by atoms with E-state index in [0.29, 0.717) is 6.42 Å². The first-order chi connectivity index (χ1) is 8.70. The minimum atomic E-state index is -0.871. The fourth-order valence-electron chi connectivity index (χ4n) is 2.79. The van der Waals surface area contributed by atoms with Crippen molar-refractivity contribution in [2.45, 2.75) is 44.6 Å². The van der Waals surface area contributed by atoms with Crippen molar-refractivity contribution >= 4 is 5.97 Å². The second-order valence-electron chi connectivity index (χ2n) is 5.00. The predicted octanol–water partition coefficient (Wildman–Crippen LogP) is 2.69. The van der Waals surface area contributed by atoms with Crippen LogP contribution >= 0.6 is 0 Å². The molecule has 2 rings (SSSR count). The van der Waals surface area contributed by atoms with Crippen LogP contribution in [0.25, 0.3) is 0 Å². The third-order valence-electron chi connectivity index (χ3n) is 3.80. The first kappa shape index (κ1) is 13.1. The van der Waals surface area contributed by atoms with Crippen molar-refractivity contribution in [3.63, 3.8) is 0 Å². The van der Waals surface area contributed by atoms with E-state index in [1.165, 1.54) is 5.56 Å². The Kier molecular flexibility index (Phi) is 4.02. The van der Waals surface area contributed by atoms with Crippen molar-refractivity contribution in [1.82, 2.24) is 5.32 Å². The third kappa shape index (κ3) is 2.27. The van der Waals surface area contributed by atoms with E-state index in [1.807, 2.05) is 24.3 Å². The molecule has 0 saturated heterocycles. The fourth-order valence-corrected chi connectivity index (χ4v) is 2.79. The molecule has 1 unspecified atom stereocenters. The molecule has 1 aliphatic carbocycles. The maximum absolute atomic E-state index is 11.8. The number of carboxylic acid groups (broad SMARTS) is 1. The summed E-state index contributed by atoms with van der Waals surface area (Å²) in [6, 6.07) is 7.93. The molecule has 0 bridgehead atoms. The zero-order valence-electron chi connectivity index (χ0n) is 10.9. The second-order valence-corrected chi connectivity index (χ2v) is 5.00. The number of fused-ring (bicyclic) bond motifs is 1. The Bertz CT molecular complexity index is 430. The molecule has 98 valence electrons. The molecule has 1 aromatic rings. The van der Waals surface area contributed by atoms with Gasteiger partial charge in [-0.25, -0.2) is 4.79 Å². The highest BCUT2D eigenvalue weighted by atomic mass is 16.4. The lowest BCUT2D eigenvalue weighted by atomic mass is 9.76. The molecule has 0 spiro atoms. The molecule has 0 saturated carbocycles. The number of unbranched alkanes of at least 4 members (excludes halogenated alkanes) is 1. The molecule has 0 amide bonds. The Morgan fingerprint density at radius 2 is 2.22 bits per heavy atom. The van der Waals surface area contributed by atoms with Gasteiger partial charge in [-0.15, -0.1) is 0 Å². The Balaban J connectivity index is 2.33. The van der Waals surface area contributed by atoms with E-state index in [1.54, 1.807) is 0 Å². The molecule has 1 aromatic carbocycles. The lowest BCUT2D eigenvalue weighted by Gasteiger charge is -2.36. The van der Waals surface area contributed by atoms with Crippen LogP contribution in [-0.2, 0) is 16.8 Å². The lowest BCUT2D eigenvalue weighted by Crippen LogP contribution is -2.51. The lowest BCUT2D eigenvalue weighted by molar-refractivity contribution is -0.146. The number of rotatable bonds is 5. The topological polar surface area (TPSA) is 49.3 Å². The number of aliphatic carboxylic acids is 1. The Hall–Kier alpha value is -1.35. The van der Waals surface area contributed by atoms with Crippen LogP contribution < -0.4 is 5.32 Å². The Morgan fingerprint density at radius 3 is 2.94 bits per heavy atom. The normalized spacial score (nSPS) is 22.5. The highest BCUT2D eigenvalue weighted by Gasteiger charge is 2.42. The molecular weight excluding hydrogens is 226 g/mol. The molecule has 18 heavy (non-hydrogen) atoms. The molecule has 2 N–H and O–H groups in total. The van der Waals surface area contributed by atoms with Crippen LogP contribution in [0.15, 0.2) is 24.3 Å². The first-order valence-corrected chi connectivity index (χ1v) is 6.77. The number of carbonyl (C=O) groups is 1. The van der Waals surface area contributed by atoms with Crippen LogP contribution in [0.3, 0.4) is 0 Å². The molecule has 0 fully saturated rings. The smallest absolute Gasteiger partial charge is 0.328 e. The minimum Gasteiger partial charge on any atom is -0.480 e. The summed E-state index contributed by atoms with van der Waals surface area (Å²) in [7, 11) is 0. The zero-order chi connectivity index (χ0) is 13.0. The fraction of sp³-hybridized carbons (Fsp3) is 0.533. The Morgan fingerprint density at radius 1 is 1.44 bits per heavy atom. The SMILES string of the molecule is CCCCNC1(C(=O)O)CCCc2ccccc21. The first-order valence-electron chi connectivity index (χ1n) is 6.77. The van der Waals surface area contributed by atoms with E-state index in [4.69, 9.17) is 0 Å². The van der Waals surface area contributed by atoms with Crippen molar-refractivity contribution in [3.05, 3.63) is 35.4 Å². The van der Waals surface area contributed by atoms with E-state index in [9.17, 15) is 9.90 Å². The maximum atomic E-state index is 11.8. The van der Waals surface area contributed by atoms with E-state index in [2.05, 4.69) is 12.2 Å². The average Bonchev–Trinajstić information content (AvgIpc) is 2.39. The largest absolute Gasteiger partial charge is 0.480 e. The van der Waals surface area contributed by atoms with Gasteiger partial charge in [-0.3, -0.25) is 5.32 Å². The third-order valence-corrected chi connectivity index (χ3v) is 3.80. The van der Waals surface area contributed by atoms with Crippen LogP contribution in [0.4, 0.5) is 0 Å². The van der Waals surface area contributed by atoms with Crippen LogP contribution in [0, 0.1) is 0 Å². The molecule has 0 aliphatic heterocycles. The van der Waals surface area contributed by atoms with Crippen LogP contribution in [0.2, 0.25) is 0 Å². The monoisotopic (exact) mass is 247 g/mol. The van der Waals surface area contributed by atoms with Crippen molar-refractivity contribution in [2.75, 3.05) is 6.54 Å². The van der Waals surface area contributed by atoms with Gasteiger partial charge < -0.3 is 5.11 Å². The van der Waals surface area contributed by atoms with Crippen LogP contribution in [0.1, 0.15) is 43.7 Å². The number of hydrogen-bond acceptors (Lipinski definition) is 2. The average molecular weight is 247 g/mol. The van der Waals surface area contributed by atoms with Gasteiger partial charge in [0, 0.05) is 0 Å². The van der Waals surface area contributed by atoms with E-state index in [-0.39, 0.29) is 0 Å². The van der Waals surface area contributed by atoms with E-state index in [0.717, 1.165) is 37.8 Å². The van der Waals surface area contributed by atoms with Gasteiger partial charge in [0.1, 0.15) is 5.54 Å². The van der Waals surface area contributed by atoms with Crippen molar-refractivity contribution < 1.29 is 9.90 Å². The zero-order valence-corrected chi connectivity index (χ0v) is 10.9. The molecule has 1 aliphatic rings. The molecule has 0 heterocycles. The van der Waals surface area contributed by atoms with Gasteiger partial charge >= 0.3 is 5.97 Å².